The van der Waals surface area contributed by atoms with Crippen LogP contribution >= 0.6 is 0 Å². The predicted octanol–water partition coefficient (Wildman–Crippen LogP) is 3.08. The third-order valence-corrected chi connectivity index (χ3v) is 7.71. The summed E-state index contributed by atoms with van der Waals surface area (Å²) < 4.78 is 39.6. The number of nitrogens with two attached hydrogens (primary N) is 1. The summed E-state index contributed by atoms with van der Waals surface area (Å²) >= 11 is 0. The average molecular weight is 475 g/mol. The van der Waals surface area contributed by atoms with Crippen LogP contribution in [0.2, 0.25) is 0 Å². The Morgan fingerprint density at radius 2 is 2.00 bits per heavy atom. The Labute approximate surface area is 193 Å². The number of nitrogens with one attached hydrogen (secondary N) is 1. The number of hydrogen-bond acceptors (Lipinski definition) is 8. The zero-order chi connectivity index (χ0) is 23.3. The Bertz CT molecular complexity index is 1180. The number of hydrogen-bond donors (Lipinski definition) is 2. The average Bonchev–Trinajstić information content (AvgIpc) is 3.35. The summed E-state index contributed by atoms with van der Waals surface area (Å²) in [5.41, 5.74) is 4.95. The number of hydrazine groups is 1. The Kier molecular flexibility index (Phi) is 7.31. The van der Waals surface area contributed by atoms with Gasteiger partial charge in [-0.05, 0) is 55.1 Å². The molecular formula is C22H30N6O4S. The lowest BCUT2D eigenvalue weighted by atomic mass is 10.1. The molecule has 0 bridgehead atoms. The van der Waals surface area contributed by atoms with Crippen molar-refractivity contribution in [1.82, 2.24) is 14.4 Å². The van der Waals surface area contributed by atoms with Crippen LogP contribution in [0.15, 0.2) is 41.1 Å². The number of rotatable bonds is 11. The monoisotopic (exact) mass is 474 g/mol. The molecule has 3 heterocycles. The molecule has 1 saturated heterocycles. The number of aryl methyl sites for hydroxylation is 1. The summed E-state index contributed by atoms with van der Waals surface area (Å²) in [6, 6.07) is 9.40. The number of anilines is 2. The number of pyridine rings is 1. The van der Waals surface area contributed by atoms with Crippen molar-refractivity contribution in [1.29, 1.82) is 0 Å². The third kappa shape index (κ3) is 5.21. The molecule has 0 saturated carbocycles. The maximum atomic E-state index is 12.9. The Morgan fingerprint density at radius 3 is 2.82 bits per heavy atom. The minimum atomic E-state index is -3.52. The zero-order valence-electron chi connectivity index (χ0n) is 18.7. The van der Waals surface area contributed by atoms with Crippen molar-refractivity contribution < 1.29 is 17.7 Å². The van der Waals surface area contributed by atoms with E-state index in [4.69, 9.17) is 15.1 Å². The Balaban J connectivity index is 1.21. The molecule has 11 heteroatoms. The topological polar surface area (TPSA) is 127 Å². The van der Waals surface area contributed by atoms with Crippen LogP contribution < -0.4 is 20.3 Å². The minimum Gasteiger partial charge on any atom is -0.475 e. The van der Waals surface area contributed by atoms with Crippen LogP contribution in [0.4, 0.5) is 11.5 Å². The van der Waals surface area contributed by atoms with E-state index in [0.717, 1.165) is 43.1 Å². The molecule has 2 aromatic heterocycles. The summed E-state index contributed by atoms with van der Waals surface area (Å²) in [6.07, 6.45) is 6.35. The van der Waals surface area contributed by atoms with E-state index in [1.165, 1.54) is 9.87 Å². The van der Waals surface area contributed by atoms with Crippen LogP contribution in [0.1, 0.15) is 38.2 Å². The largest absolute Gasteiger partial charge is 0.475 e. The number of nitrogen functional groups attached to an aromatic ring is 1. The second-order valence-electron chi connectivity index (χ2n) is 7.94. The fourth-order valence-electron chi connectivity index (χ4n) is 4.04. The van der Waals surface area contributed by atoms with Crippen LogP contribution in [0.5, 0.6) is 5.88 Å². The number of benzene rings is 1. The Morgan fingerprint density at radius 1 is 1.15 bits per heavy atom. The normalized spacial score (nSPS) is 15.9. The van der Waals surface area contributed by atoms with Gasteiger partial charge in [-0.2, -0.15) is 12.7 Å². The van der Waals surface area contributed by atoms with Crippen molar-refractivity contribution in [3.63, 3.8) is 0 Å². The molecule has 0 spiro atoms. The maximum Gasteiger partial charge on any atom is 0.304 e. The van der Waals surface area contributed by atoms with E-state index in [1.54, 1.807) is 22.6 Å². The molecule has 1 fully saturated rings. The highest BCUT2D eigenvalue weighted by atomic mass is 32.2. The first-order valence-electron chi connectivity index (χ1n) is 11.2. The SMILES string of the molecule is CCOc1noc2cc(CCCCCCN3CCN(c4ccnc(NN)c4)S3(=O)=O)ccc12. The minimum absolute atomic E-state index is 0.422. The van der Waals surface area contributed by atoms with E-state index >= 15 is 0 Å². The van der Waals surface area contributed by atoms with Gasteiger partial charge in [0.2, 0.25) is 0 Å². The highest BCUT2D eigenvalue weighted by Gasteiger charge is 2.36. The van der Waals surface area contributed by atoms with Gasteiger partial charge in [-0.15, -0.1) is 0 Å². The Hall–Kier alpha value is -2.89. The van der Waals surface area contributed by atoms with E-state index in [9.17, 15) is 8.42 Å². The summed E-state index contributed by atoms with van der Waals surface area (Å²) in [6.45, 7) is 3.90. The van der Waals surface area contributed by atoms with Gasteiger partial charge in [0.25, 0.3) is 5.88 Å². The molecule has 178 valence electrons. The fourth-order valence-corrected chi connectivity index (χ4v) is 5.68. The fraction of sp³-hybridized carbons (Fsp3) is 0.455. The first kappa shape index (κ1) is 23.3. The molecule has 1 aliphatic heterocycles. The first-order chi connectivity index (χ1) is 16.0. The van der Waals surface area contributed by atoms with Crippen molar-refractivity contribution in [3.05, 3.63) is 42.1 Å². The highest BCUT2D eigenvalue weighted by Crippen LogP contribution is 2.28. The van der Waals surface area contributed by atoms with Crippen LogP contribution in [0.25, 0.3) is 11.0 Å². The molecule has 4 rings (SSSR count). The van der Waals surface area contributed by atoms with Gasteiger partial charge < -0.3 is 14.7 Å². The second kappa shape index (κ2) is 10.4. The molecule has 1 aliphatic rings. The summed E-state index contributed by atoms with van der Waals surface area (Å²) in [5.74, 6) is 6.35. The smallest absolute Gasteiger partial charge is 0.304 e. The molecule has 0 atom stereocenters. The maximum absolute atomic E-state index is 12.9. The van der Waals surface area contributed by atoms with Crippen molar-refractivity contribution in [2.75, 3.05) is 36.0 Å². The van der Waals surface area contributed by atoms with Crippen LogP contribution in [-0.4, -0.2) is 49.1 Å². The molecule has 0 amide bonds. The van der Waals surface area contributed by atoms with Gasteiger partial charge in [-0.3, -0.25) is 4.31 Å². The summed E-state index contributed by atoms with van der Waals surface area (Å²) in [5, 5.41) is 4.86. The van der Waals surface area contributed by atoms with Crippen molar-refractivity contribution in [2.45, 2.75) is 39.0 Å². The van der Waals surface area contributed by atoms with Crippen LogP contribution in [-0.2, 0) is 16.6 Å². The quantitative estimate of drug-likeness (QED) is 0.247. The molecular weight excluding hydrogens is 444 g/mol. The molecule has 0 unspecified atom stereocenters. The van der Waals surface area contributed by atoms with Crippen LogP contribution in [0, 0.1) is 0 Å². The molecule has 0 aliphatic carbocycles. The van der Waals surface area contributed by atoms with Crippen LogP contribution in [0.3, 0.4) is 0 Å². The zero-order valence-corrected chi connectivity index (χ0v) is 19.6. The number of ether oxygens (including phenoxy) is 1. The standard InChI is InChI=1S/C22H30N6O4S/c1-2-31-22-19-9-8-17(15-20(19)32-26-22)7-5-3-4-6-12-27-13-14-28(33(27,29)30)18-10-11-24-21(16-18)25-23/h8-11,15-16H,2-7,12-14,23H2,1H3,(H,24,25). The van der Waals surface area contributed by atoms with Gasteiger partial charge in [0.1, 0.15) is 5.82 Å². The summed E-state index contributed by atoms with van der Waals surface area (Å²) in [4.78, 5) is 4.03. The van der Waals surface area contributed by atoms with Gasteiger partial charge in [0.15, 0.2) is 5.58 Å². The molecule has 0 radical (unpaired) electrons. The van der Waals surface area contributed by atoms with Crippen molar-refractivity contribution >= 4 is 32.7 Å². The van der Waals surface area contributed by atoms with Gasteiger partial charge in [-0.1, -0.05) is 18.9 Å². The van der Waals surface area contributed by atoms with E-state index in [2.05, 4.69) is 21.6 Å². The van der Waals surface area contributed by atoms with E-state index in [0.29, 0.717) is 43.6 Å². The molecule has 3 aromatic rings. The lowest BCUT2D eigenvalue weighted by Gasteiger charge is -2.20. The molecule has 33 heavy (non-hydrogen) atoms. The van der Waals surface area contributed by atoms with E-state index in [1.807, 2.05) is 19.1 Å². The van der Waals surface area contributed by atoms with Gasteiger partial charge >= 0.3 is 10.2 Å². The lowest BCUT2D eigenvalue weighted by molar-refractivity contribution is 0.301. The number of nitrogens with zero attached hydrogens (tertiary/aromatic N) is 4. The van der Waals surface area contributed by atoms with Gasteiger partial charge in [0.05, 0.1) is 17.7 Å². The second-order valence-corrected chi connectivity index (χ2v) is 9.79. The predicted molar refractivity (Wildman–Crippen MR) is 127 cm³/mol. The molecule has 3 N–H and O–H groups in total. The third-order valence-electron chi connectivity index (χ3n) is 5.74. The van der Waals surface area contributed by atoms with E-state index < -0.39 is 10.2 Å². The molecule has 1 aromatic carbocycles. The number of fused-ring (bicyclic) bond motifs is 1. The van der Waals surface area contributed by atoms with Crippen molar-refractivity contribution in [2.24, 2.45) is 5.84 Å². The highest BCUT2D eigenvalue weighted by molar-refractivity contribution is 7.90. The number of unbranched alkanes of at least 4 members (excludes halogenated alkanes) is 3. The van der Waals surface area contributed by atoms with Gasteiger partial charge in [0, 0.05) is 31.9 Å². The van der Waals surface area contributed by atoms with E-state index in [-0.39, 0.29) is 0 Å². The first-order valence-corrected chi connectivity index (χ1v) is 12.6. The molecule has 10 nitrogen and oxygen atoms in total. The lowest BCUT2D eigenvalue weighted by Crippen LogP contribution is -2.33. The summed E-state index contributed by atoms with van der Waals surface area (Å²) in [7, 11) is -3.52. The number of aromatic nitrogens is 2. The van der Waals surface area contributed by atoms with Crippen molar-refractivity contribution in [3.8, 4) is 5.88 Å². The van der Waals surface area contributed by atoms with Gasteiger partial charge in [-0.25, -0.2) is 10.8 Å².